The lowest BCUT2D eigenvalue weighted by atomic mass is 9.93. The third-order valence-electron chi connectivity index (χ3n) is 3.51. The Kier molecular flexibility index (Phi) is 5.64. The van der Waals surface area contributed by atoms with Gasteiger partial charge in [0.2, 0.25) is 0 Å². The Balaban J connectivity index is 2.73. The van der Waals surface area contributed by atoms with Crippen molar-refractivity contribution in [1.29, 1.82) is 0 Å². The number of aliphatic hydroxyl groups excluding tert-OH is 3. The molecule has 0 aliphatic carbocycles. The fraction of sp³-hybridized carbons (Fsp3) is 0.214. The molecule has 23 heavy (non-hydrogen) atoms. The molecule has 0 aliphatic heterocycles. The van der Waals surface area contributed by atoms with Gasteiger partial charge in [0.1, 0.15) is 10.8 Å². The summed E-state index contributed by atoms with van der Waals surface area (Å²) in [6.07, 6.45) is 0. The highest BCUT2D eigenvalue weighted by molar-refractivity contribution is 6.41. The van der Waals surface area contributed by atoms with Crippen LogP contribution in [0.25, 0.3) is 11.1 Å². The molecule has 1 heterocycles. The summed E-state index contributed by atoms with van der Waals surface area (Å²) in [5.74, 6) is -0.872. The van der Waals surface area contributed by atoms with Gasteiger partial charge in [0.25, 0.3) is 5.91 Å². The van der Waals surface area contributed by atoms with E-state index in [2.05, 4.69) is 4.98 Å². The second kappa shape index (κ2) is 7.31. The molecule has 1 aromatic heterocycles. The fourth-order valence-corrected chi connectivity index (χ4v) is 3.07. The van der Waals surface area contributed by atoms with Gasteiger partial charge in [0, 0.05) is 5.56 Å². The SMILES string of the molecule is O=C(NO)c1[nH]c(Cl)c(-c2ccc(CO)c(CO)c2CO)c1Cl. The lowest BCUT2D eigenvalue weighted by molar-refractivity contribution is 0.0701. The molecule has 0 radical (unpaired) electrons. The van der Waals surface area contributed by atoms with E-state index >= 15 is 0 Å². The minimum atomic E-state index is -0.872. The van der Waals surface area contributed by atoms with Crippen LogP contribution in [0, 0.1) is 0 Å². The predicted molar refractivity (Wildman–Crippen MR) is 83.3 cm³/mol. The number of carbonyl (C=O) groups is 1. The third-order valence-corrected chi connectivity index (χ3v) is 4.17. The van der Waals surface area contributed by atoms with Crippen LogP contribution in [-0.2, 0) is 19.8 Å². The summed E-state index contributed by atoms with van der Waals surface area (Å²) in [6, 6.07) is 3.13. The van der Waals surface area contributed by atoms with E-state index < -0.39 is 19.1 Å². The molecule has 0 unspecified atom stereocenters. The number of amides is 1. The number of aliphatic hydroxyl groups is 3. The number of rotatable bonds is 5. The average molecular weight is 361 g/mol. The number of H-pyrrole nitrogens is 1. The van der Waals surface area contributed by atoms with Crippen LogP contribution in [0.4, 0.5) is 0 Å². The molecule has 0 saturated carbocycles. The highest BCUT2D eigenvalue weighted by atomic mass is 35.5. The topological polar surface area (TPSA) is 126 Å². The predicted octanol–water partition coefficient (Wildman–Crippen LogP) is 1.58. The van der Waals surface area contributed by atoms with Crippen LogP contribution in [0.5, 0.6) is 0 Å². The molecule has 1 aromatic carbocycles. The van der Waals surface area contributed by atoms with Crippen LogP contribution in [0.1, 0.15) is 27.2 Å². The van der Waals surface area contributed by atoms with E-state index in [0.717, 1.165) is 0 Å². The van der Waals surface area contributed by atoms with Gasteiger partial charge in [0.05, 0.1) is 24.8 Å². The normalized spacial score (nSPS) is 10.9. The van der Waals surface area contributed by atoms with Crippen LogP contribution in [0.2, 0.25) is 10.2 Å². The Bertz CT molecular complexity index is 745. The molecule has 6 N–H and O–H groups in total. The van der Waals surface area contributed by atoms with Crippen molar-refractivity contribution in [2.45, 2.75) is 19.8 Å². The number of hydroxylamine groups is 1. The van der Waals surface area contributed by atoms with Crippen molar-refractivity contribution in [2.75, 3.05) is 0 Å². The Morgan fingerprint density at radius 2 is 1.74 bits per heavy atom. The summed E-state index contributed by atoms with van der Waals surface area (Å²) < 4.78 is 0. The molecule has 124 valence electrons. The summed E-state index contributed by atoms with van der Waals surface area (Å²) in [5.41, 5.74) is 3.09. The van der Waals surface area contributed by atoms with Crippen molar-refractivity contribution in [3.63, 3.8) is 0 Å². The van der Waals surface area contributed by atoms with Gasteiger partial charge in [-0.25, -0.2) is 5.48 Å². The van der Waals surface area contributed by atoms with Crippen molar-refractivity contribution in [2.24, 2.45) is 0 Å². The molecule has 2 aromatic rings. The number of nitrogens with one attached hydrogen (secondary N) is 2. The van der Waals surface area contributed by atoms with E-state index in [9.17, 15) is 20.1 Å². The largest absolute Gasteiger partial charge is 0.392 e. The molecule has 0 aliphatic rings. The van der Waals surface area contributed by atoms with E-state index in [1.165, 1.54) is 5.48 Å². The highest BCUT2D eigenvalue weighted by Gasteiger charge is 2.24. The first kappa shape index (κ1) is 17.7. The number of halogens is 2. The van der Waals surface area contributed by atoms with Gasteiger partial charge < -0.3 is 20.3 Å². The number of hydrogen-bond acceptors (Lipinski definition) is 5. The van der Waals surface area contributed by atoms with Gasteiger partial charge in [-0.05, 0) is 22.3 Å². The summed E-state index contributed by atoms with van der Waals surface area (Å²) in [6.45, 7) is -1.14. The minimum Gasteiger partial charge on any atom is -0.392 e. The molecule has 0 saturated heterocycles. The first-order valence-electron chi connectivity index (χ1n) is 6.48. The van der Waals surface area contributed by atoms with E-state index in [-0.39, 0.29) is 28.0 Å². The van der Waals surface area contributed by atoms with E-state index in [1.807, 2.05) is 0 Å². The smallest absolute Gasteiger partial charge is 0.292 e. The summed E-state index contributed by atoms with van der Waals surface area (Å²) in [4.78, 5) is 14.1. The Labute approximate surface area is 141 Å². The van der Waals surface area contributed by atoms with Gasteiger partial charge in [-0.3, -0.25) is 10.0 Å². The quantitative estimate of drug-likeness (QED) is 0.356. The van der Waals surface area contributed by atoms with E-state index in [1.54, 1.807) is 12.1 Å². The van der Waals surface area contributed by atoms with Crippen LogP contribution in [0.15, 0.2) is 12.1 Å². The van der Waals surface area contributed by atoms with Crippen LogP contribution in [0.3, 0.4) is 0 Å². The maximum absolute atomic E-state index is 11.6. The monoisotopic (exact) mass is 360 g/mol. The number of benzene rings is 1. The van der Waals surface area contributed by atoms with Crippen LogP contribution in [-0.4, -0.2) is 31.4 Å². The van der Waals surface area contributed by atoms with Crippen LogP contribution < -0.4 is 5.48 Å². The second-order valence-corrected chi connectivity index (χ2v) is 5.40. The maximum Gasteiger partial charge on any atom is 0.292 e. The summed E-state index contributed by atoms with van der Waals surface area (Å²) >= 11 is 12.2. The van der Waals surface area contributed by atoms with E-state index in [4.69, 9.17) is 28.4 Å². The Morgan fingerprint density at radius 1 is 1.09 bits per heavy atom. The zero-order chi connectivity index (χ0) is 17.1. The first-order chi connectivity index (χ1) is 11.0. The zero-order valence-electron chi connectivity index (χ0n) is 11.7. The Hall–Kier alpha value is -1.61. The lowest BCUT2D eigenvalue weighted by Crippen LogP contribution is -2.19. The standard InChI is InChI=1S/C14H14Cl2N2O5/c15-11-10(13(16)17-12(11)14(22)18-23)7-2-1-6(3-19)8(4-20)9(7)5-21/h1-2,17,19-21,23H,3-5H2,(H,18,22). The number of aromatic amines is 1. The second-order valence-electron chi connectivity index (χ2n) is 4.65. The molecule has 0 spiro atoms. The third kappa shape index (κ3) is 3.07. The van der Waals surface area contributed by atoms with Crippen molar-refractivity contribution >= 4 is 29.1 Å². The molecular formula is C14H14Cl2N2O5. The van der Waals surface area contributed by atoms with E-state index in [0.29, 0.717) is 22.3 Å². The first-order valence-corrected chi connectivity index (χ1v) is 7.23. The number of hydrogen-bond donors (Lipinski definition) is 6. The zero-order valence-corrected chi connectivity index (χ0v) is 13.2. The molecule has 0 bridgehead atoms. The average Bonchev–Trinajstić information content (AvgIpc) is 2.86. The molecule has 0 fully saturated rings. The van der Waals surface area contributed by atoms with Crippen LogP contribution >= 0.6 is 23.2 Å². The summed E-state index contributed by atoms with van der Waals surface area (Å²) in [5, 5.41) is 37.2. The van der Waals surface area contributed by atoms with Crippen molar-refractivity contribution in [1.82, 2.24) is 10.5 Å². The van der Waals surface area contributed by atoms with Crippen molar-refractivity contribution < 1.29 is 25.3 Å². The molecular weight excluding hydrogens is 347 g/mol. The molecule has 9 heteroatoms. The fourth-order valence-electron chi connectivity index (χ4n) is 2.40. The number of carbonyl (C=O) groups excluding carboxylic acids is 1. The molecule has 1 amide bonds. The van der Waals surface area contributed by atoms with Gasteiger partial charge in [-0.2, -0.15) is 0 Å². The minimum absolute atomic E-state index is 0.0314. The van der Waals surface area contributed by atoms with Crippen molar-refractivity contribution in [3.8, 4) is 11.1 Å². The number of aromatic nitrogens is 1. The van der Waals surface area contributed by atoms with Crippen molar-refractivity contribution in [3.05, 3.63) is 44.7 Å². The summed E-state index contributed by atoms with van der Waals surface area (Å²) in [7, 11) is 0. The van der Waals surface area contributed by atoms with Gasteiger partial charge in [0.15, 0.2) is 0 Å². The van der Waals surface area contributed by atoms with Gasteiger partial charge in [-0.15, -0.1) is 0 Å². The highest BCUT2D eigenvalue weighted by Crippen LogP contribution is 2.40. The maximum atomic E-state index is 11.6. The van der Waals surface area contributed by atoms with Gasteiger partial charge in [-0.1, -0.05) is 35.3 Å². The molecule has 0 atom stereocenters. The Morgan fingerprint density at radius 3 is 2.26 bits per heavy atom. The lowest BCUT2D eigenvalue weighted by Gasteiger charge is -2.15. The van der Waals surface area contributed by atoms with Gasteiger partial charge >= 0.3 is 0 Å². The molecule has 7 nitrogen and oxygen atoms in total. The molecule has 2 rings (SSSR count).